The fourth-order valence-electron chi connectivity index (χ4n) is 3.13. The van der Waals surface area contributed by atoms with E-state index in [0.29, 0.717) is 37.6 Å². The highest BCUT2D eigenvalue weighted by atomic mass is 16.5. The molecule has 0 aromatic carbocycles. The molecule has 0 bridgehead atoms. The molecule has 1 amide bonds. The molecule has 0 saturated carbocycles. The van der Waals surface area contributed by atoms with Gasteiger partial charge in [-0.05, 0) is 19.1 Å². The molecular weight excluding hydrogens is 358 g/mol. The number of carbonyl (C=O) groups excluding carboxylic acids is 1. The van der Waals surface area contributed by atoms with Crippen molar-refractivity contribution in [1.29, 1.82) is 0 Å². The Kier molecular flexibility index (Phi) is 4.88. The molecule has 4 heterocycles. The highest BCUT2D eigenvalue weighted by molar-refractivity contribution is 5.94. The third-order valence-corrected chi connectivity index (χ3v) is 4.68. The number of aryl methyl sites for hydroxylation is 1. The SMILES string of the molecule is COc1ccc(C(=O)N2CCN(c3cc(-n4ccc(C)n4)ncn3)CC2)cn1. The Labute approximate surface area is 162 Å². The maximum Gasteiger partial charge on any atom is 0.255 e. The fraction of sp³-hybridized carbons (Fsp3) is 0.316. The number of pyridine rings is 1. The van der Waals surface area contributed by atoms with Crippen LogP contribution in [-0.4, -0.2) is 68.8 Å². The second-order valence-corrected chi connectivity index (χ2v) is 6.50. The lowest BCUT2D eigenvalue weighted by atomic mass is 10.2. The molecule has 0 unspecified atom stereocenters. The quantitative estimate of drug-likeness (QED) is 0.676. The highest BCUT2D eigenvalue weighted by Crippen LogP contribution is 2.17. The van der Waals surface area contributed by atoms with E-state index in [1.807, 2.05) is 30.2 Å². The summed E-state index contributed by atoms with van der Waals surface area (Å²) < 4.78 is 6.77. The standard InChI is InChI=1S/C19H21N7O2/c1-14-5-6-26(23-14)17-11-16(21-13-22-17)24-7-9-25(10-8-24)19(27)15-3-4-18(28-2)20-12-15/h3-6,11-13H,7-10H2,1-2H3. The van der Waals surface area contributed by atoms with E-state index in [9.17, 15) is 4.79 Å². The monoisotopic (exact) mass is 379 g/mol. The van der Waals surface area contributed by atoms with Gasteiger partial charge in [0, 0.05) is 50.7 Å². The Balaban J connectivity index is 1.42. The average molecular weight is 379 g/mol. The first-order chi connectivity index (χ1) is 13.6. The zero-order valence-electron chi connectivity index (χ0n) is 15.8. The van der Waals surface area contributed by atoms with Crippen LogP contribution >= 0.6 is 0 Å². The summed E-state index contributed by atoms with van der Waals surface area (Å²) in [4.78, 5) is 29.5. The molecule has 0 atom stereocenters. The van der Waals surface area contributed by atoms with Crippen LogP contribution in [0.25, 0.3) is 5.82 Å². The molecule has 4 rings (SSSR count). The van der Waals surface area contributed by atoms with Crippen molar-refractivity contribution in [3.8, 4) is 11.7 Å². The Bertz CT molecular complexity index is 962. The van der Waals surface area contributed by atoms with Crippen LogP contribution in [0.1, 0.15) is 16.1 Å². The van der Waals surface area contributed by atoms with Crippen molar-refractivity contribution >= 4 is 11.7 Å². The maximum absolute atomic E-state index is 12.7. The molecule has 0 radical (unpaired) electrons. The summed E-state index contributed by atoms with van der Waals surface area (Å²) in [6.45, 7) is 4.57. The molecule has 1 fully saturated rings. The fourth-order valence-corrected chi connectivity index (χ4v) is 3.13. The summed E-state index contributed by atoms with van der Waals surface area (Å²) in [6, 6.07) is 7.28. The number of aromatic nitrogens is 5. The number of rotatable bonds is 4. The average Bonchev–Trinajstić information content (AvgIpc) is 3.20. The lowest BCUT2D eigenvalue weighted by Crippen LogP contribution is -2.49. The van der Waals surface area contributed by atoms with E-state index >= 15 is 0 Å². The first-order valence-electron chi connectivity index (χ1n) is 9.03. The Morgan fingerprint density at radius 3 is 2.46 bits per heavy atom. The molecule has 3 aromatic rings. The Morgan fingerprint density at radius 1 is 1.04 bits per heavy atom. The molecule has 0 N–H and O–H groups in total. The third kappa shape index (κ3) is 3.64. The number of methoxy groups -OCH3 is 1. The Morgan fingerprint density at radius 2 is 1.82 bits per heavy atom. The second-order valence-electron chi connectivity index (χ2n) is 6.50. The minimum Gasteiger partial charge on any atom is -0.481 e. The summed E-state index contributed by atoms with van der Waals surface area (Å²) in [6.07, 6.45) is 4.97. The van der Waals surface area contributed by atoms with E-state index in [1.54, 1.807) is 36.4 Å². The largest absolute Gasteiger partial charge is 0.481 e. The van der Waals surface area contributed by atoms with Gasteiger partial charge in [-0.3, -0.25) is 4.79 Å². The first-order valence-corrected chi connectivity index (χ1v) is 9.03. The zero-order valence-corrected chi connectivity index (χ0v) is 15.8. The van der Waals surface area contributed by atoms with Crippen LogP contribution in [0.15, 0.2) is 43.0 Å². The summed E-state index contributed by atoms with van der Waals surface area (Å²) in [5.41, 5.74) is 1.49. The van der Waals surface area contributed by atoms with Gasteiger partial charge in [-0.25, -0.2) is 19.6 Å². The summed E-state index contributed by atoms with van der Waals surface area (Å²) >= 11 is 0. The van der Waals surface area contributed by atoms with Gasteiger partial charge in [-0.15, -0.1) is 0 Å². The van der Waals surface area contributed by atoms with E-state index in [0.717, 1.165) is 17.3 Å². The van der Waals surface area contributed by atoms with Crippen molar-refractivity contribution in [2.45, 2.75) is 6.92 Å². The van der Waals surface area contributed by atoms with Gasteiger partial charge < -0.3 is 14.5 Å². The lowest BCUT2D eigenvalue weighted by molar-refractivity contribution is 0.0746. The van der Waals surface area contributed by atoms with Gasteiger partial charge in [0.1, 0.15) is 12.1 Å². The van der Waals surface area contributed by atoms with Crippen LogP contribution in [0.5, 0.6) is 5.88 Å². The molecule has 1 saturated heterocycles. The molecule has 1 aliphatic rings. The molecule has 144 valence electrons. The summed E-state index contributed by atoms with van der Waals surface area (Å²) in [7, 11) is 1.55. The molecule has 1 aliphatic heterocycles. The van der Waals surface area contributed by atoms with Gasteiger partial charge >= 0.3 is 0 Å². The second kappa shape index (κ2) is 7.63. The van der Waals surface area contributed by atoms with Gasteiger partial charge in [0.15, 0.2) is 5.82 Å². The van der Waals surface area contributed by atoms with Crippen molar-refractivity contribution in [2.24, 2.45) is 0 Å². The topological polar surface area (TPSA) is 89.3 Å². The summed E-state index contributed by atoms with van der Waals surface area (Å²) in [5.74, 6) is 2.02. The molecule has 9 nitrogen and oxygen atoms in total. The first kappa shape index (κ1) is 17.9. The number of hydrogen-bond acceptors (Lipinski definition) is 7. The van der Waals surface area contributed by atoms with Crippen LogP contribution in [0.3, 0.4) is 0 Å². The molecular formula is C19H21N7O2. The predicted molar refractivity (Wildman–Crippen MR) is 103 cm³/mol. The number of ether oxygens (including phenoxy) is 1. The smallest absolute Gasteiger partial charge is 0.255 e. The predicted octanol–water partition coefficient (Wildman–Crippen LogP) is 1.34. The number of hydrogen-bond donors (Lipinski definition) is 0. The Hall–Kier alpha value is -3.49. The van der Waals surface area contributed by atoms with Gasteiger partial charge in [-0.1, -0.05) is 0 Å². The van der Waals surface area contributed by atoms with Crippen molar-refractivity contribution in [3.63, 3.8) is 0 Å². The van der Waals surface area contributed by atoms with Crippen LogP contribution in [0.4, 0.5) is 5.82 Å². The van der Waals surface area contributed by atoms with Crippen molar-refractivity contribution in [3.05, 3.63) is 54.2 Å². The number of amides is 1. The van der Waals surface area contributed by atoms with Crippen LogP contribution in [-0.2, 0) is 0 Å². The number of nitrogens with zero attached hydrogens (tertiary/aromatic N) is 7. The van der Waals surface area contributed by atoms with Gasteiger partial charge in [0.2, 0.25) is 5.88 Å². The minimum atomic E-state index is -0.0230. The molecule has 3 aromatic heterocycles. The van der Waals surface area contributed by atoms with Crippen molar-refractivity contribution < 1.29 is 9.53 Å². The minimum absolute atomic E-state index is 0.0230. The zero-order chi connectivity index (χ0) is 19.5. The number of anilines is 1. The van der Waals surface area contributed by atoms with Crippen LogP contribution < -0.4 is 9.64 Å². The molecule has 28 heavy (non-hydrogen) atoms. The highest BCUT2D eigenvalue weighted by Gasteiger charge is 2.23. The molecule has 0 spiro atoms. The summed E-state index contributed by atoms with van der Waals surface area (Å²) in [5, 5.41) is 4.39. The van der Waals surface area contributed by atoms with Gasteiger partial charge in [0.05, 0.1) is 18.4 Å². The van der Waals surface area contributed by atoms with E-state index in [2.05, 4.69) is 25.0 Å². The van der Waals surface area contributed by atoms with Crippen molar-refractivity contribution in [1.82, 2.24) is 29.6 Å². The molecule has 9 heteroatoms. The van der Waals surface area contributed by atoms with E-state index in [4.69, 9.17) is 4.74 Å². The maximum atomic E-state index is 12.7. The van der Waals surface area contributed by atoms with E-state index in [-0.39, 0.29) is 5.91 Å². The van der Waals surface area contributed by atoms with Gasteiger partial charge in [-0.2, -0.15) is 5.10 Å². The third-order valence-electron chi connectivity index (χ3n) is 4.68. The van der Waals surface area contributed by atoms with E-state index < -0.39 is 0 Å². The van der Waals surface area contributed by atoms with Crippen LogP contribution in [0.2, 0.25) is 0 Å². The lowest BCUT2D eigenvalue weighted by Gasteiger charge is -2.35. The normalized spacial score (nSPS) is 14.2. The van der Waals surface area contributed by atoms with Gasteiger partial charge in [0.25, 0.3) is 5.91 Å². The van der Waals surface area contributed by atoms with Crippen LogP contribution in [0, 0.1) is 6.92 Å². The molecule has 0 aliphatic carbocycles. The number of piperazine rings is 1. The van der Waals surface area contributed by atoms with E-state index in [1.165, 1.54) is 0 Å². The van der Waals surface area contributed by atoms with Crippen molar-refractivity contribution in [2.75, 3.05) is 38.2 Å². The number of carbonyl (C=O) groups is 1.